The average molecular weight is 530 g/mol. The Morgan fingerprint density at radius 2 is 2.27 bits per heavy atom. The number of ether oxygens (including phenoxy) is 1. The highest BCUT2D eigenvalue weighted by Gasteiger charge is 2.15. The summed E-state index contributed by atoms with van der Waals surface area (Å²) < 4.78 is 21.4. The van der Waals surface area contributed by atoms with Crippen LogP contribution in [0, 0.1) is 5.82 Å². The zero-order valence-electron chi connectivity index (χ0n) is 17.8. The van der Waals surface area contributed by atoms with Crippen molar-refractivity contribution in [2.24, 2.45) is 4.99 Å². The Hall–Kier alpha value is -1.75. The summed E-state index contributed by atoms with van der Waals surface area (Å²) in [5.41, 5.74) is 0.906. The summed E-state index contributed by atoms with van der Waals surface area (Å²) in [5.74, 6) is 1.53. The Bertz CT molecular complexity index is 793. The number of aromatic nitrogens is 3. The summed E-state index contributed by atoms with van der Waals surface area (Å²) in [5, 5.41) is 11.5. The minimum atomic E-state index is -0.224. The number of halogens is 2. The summed E-state index contributed by atoms with van der Waals surface area (Å²) in [6.45, 7) is 5.53. The molecule has 1 unspecified atom stereocenters. The molecule has 2 heterocycles. The first kappa shape index (κ1) is 24.5. The number of hydrogen-bond acceptors (Lipinski definition) is 4. The topological polar surface area (TPSA) is 67.6 Å². The van der Waals surface area contributed by atoms with Gasteiger partial charge in [0.1, 0.15) is 18.0 Å². The molecule has 1 aliphatic rings. The molecular weight excluding hydrogens is 498 g/mol. The number of hydrogen-bond donors (Lipinski definition) is 1. The van der Waals surface area contributed by atoms with Gasteiger partial charge in [-0.2, -0.15) is 0 Å². The van der Waals surface area contributed by atoms with Gasteiger partial charge in [0.05, 0.1) is 12.6 Å². The van der Waals surface area contributed by atoms with Gasteiger partial charge in [-0.1, -0.05) is 19.1 Å². The van der Waals surface area contributed by atoms with Gasteiger partial charge in [0.2, 0.25) is 0 Å². The molecule has 1 fully saturated rings. The lowest BCUT2D eigenvalue weighted by Gasteiger charge is -2.25. The SMILES string of the molecule is CCc1nncn1CCNC(=NCC1CCCCO1)N(C)Cc1cccc(F)c1.I. The van der Waals surface area contributed by atoms with Crippen LogP contribution >= 0.6 is 24.0 Å². The number of nitrogens with zero attached hydrogens (tertiary/aromatic N) is 5. The lowest BCUT2D eigenvalue weighted by atomic mass is 10.1. The summed E-state index contributed by atoms with van der Waals surface area (Å²) in [7, 11) is 1.97. The molecule has 1 aliphatic heterocycles. The molecule has 1 saturated heterocycles. The third-order valence-corrected chi connectivity index (χ3v) is 5.04. The van der Waals surface area contributed by atoms with E-state index >= 15 is 0 Å². The lowest BCUT2D eigenvalue weighted by molar-refractivity contribution is 0.0223. The molecule has 3 rings (SSSR count). The molecule has 166 valence electrons. The monoisotopic (exact) mass is 530 g/mol. The number of aryl methyl sites for hydroxylation is 1. The molecule has 1 N–H and O–H groups in total. The number of rotatable bonds is 8. The van der Waals surface area contributed by atoms with Gasteiger partial charge in [-0.25, -0.2) is 4.39 Å². The molecular formula is C21H32FIN6O. The van der Waals surface area contributed by atoms with Gasteiger partial charge in [-0.05, 0) is 37.0 Å². The standard InChI is InChI=1S/C21H31FN6O.HI/c1-3-20-26-25-16-28(20)11-10-23-21(24-14-19-9-4-5-12-29-19)27(2)15-17-7-6-8-18(22)13-17;/h6-8,13,16,19H,3-5,9-12,14-15H2,1-2H3,(H,23,24);1H. The van der Waals surface area contributed by atoms with E-state index in [-0.39, 0.29) is 35.9 Å². The number of aliphatic imine (C=N–C) groups is 1. The summed E-state index contributed by atoms with van der Waals surface area (Å²) in [4.78, 5) is 6.82. The van der Waals surface area contributed by atoms with E-state index in [2.05, 4.69) is 22.4 Å². The van der Waals surface area contributed by atoms with E-state index < -0.39 is 0 Å². The first-order valence-corrected chi connectivity index (χ1v) is 10.4. The van der Waals surface area contributed by atoms with Crippen molar-refractivity contribution < 1.29 is 9.13 Å². The molecule has 7 nitrogen and oxygen atoms in total. The van der Waals surface area contributed by atoms with Gasteiger partial charge >= 0.3 is 0 Å². The van der Waals surface area contributed by atoms with Crippen LogP contribution in [0.2, 0.25) is 0 Å². The van der Waals surface area contributed by atoms with Crippen LogP contribution in [0.5, 0.6) is 0 Å². The van der Waals surface area contributed by atoms with Crippen LogP contribution in [0.1, 0.15) is 37.6 Å². The maximum absolute atomic E-state index is 13.5. The minimum absolute atomic E-state index is 0. The Morgan fingerprint density at radius 1 is 1.40 bits per heavy atom. The molecule has 1 atom stereocenters. The largest absolute Gasteiger partial charge is 0.376 e. The summed E-state index contributed by atoms with van der Waals surface area (Å²) >= 11 is 0. The van der Waals surface area contributed by atoms with Crippen molar-refractivity contribution in [1.29, 1.82) is 0 Å². The van der Waals surface area contributed by atoms with Gasteiger partial charge in [0.25, 0.3) is 0 Å². The second-order valence-electron chi connectivity index (χ2n) is 7.36. The minimum Gasteiger partial charge on any atom is -0.376 e. The molecule has 0 bridgehead atoms. The molecule has 0 spiro atoms. The van der Waals surface area contributed by atoms with Crippen molar-refractivity contribution in [2.75, 3.05) is 26.7 Å². The van der Waals surface area contributed by atoms with Gasteiger partial charge in [-0.15, -0.1) is 34.2 Å². The van der Waals surface area contributed by atoms with E-state index in [0.717, 1.165) is 49.8 Å². The molecule has 9 heteroatoms. The van der Waals surface area contributed by atoms with Crippen LogP contribution in [-0.2, 0) is 24.2 Å². The quantitative estimate of drug-likeness (QED) is 0.323. The van der Waals surface area contributed by atoms with Crippen LogP contribution < -0.4 is 5.32 Å². The Kier molecular flexibility index (Phi) is 10.5. The van der Waals surface area contributed by atoms with Crippen LogP contribution in [0.25, 0.3) is 0 Å². The molecule has 0 saturated carbocycles. The second-order valence-corrected chi connectivity index (χ2v) is 7.36. The Morgan fingerprint density at radius 3 is 3.00 bits per heavy atom. The van der Waals surface area contributed by atoms with E-state index in [1.807, 2.05) is 22.6 Å². The number of benzene rings is 1. The van der Waals surface area contributed by atoms with Crippen LogP contribution in [0.4, 0.5) is 4.39 Å². The first-order valence-electron chi connectivity index (χ1n) is 10.4. The van der Waals surface area contributed by atoms with Crippen molar-refractivity contribution in [3.63, 3.8) is 0 Å². The highest BCUT2D eigenvalue weighted by Crippen LogP contribution is 2.13. The third-order valence-electron chi connectivity index (χ3n) is 5.04. The summed E-state index contributed by atoms with van der Waals surface area (Å²) in [6, 6.07) is 6.67. The van der Waals surface area contributed by atoms with Crippen molar-refractivity contribution in [3.05, 3.63) is 47.8 Å². The maximum Gasteiger partial charge on any atom is 0.194 e. The van der Waals surface area contributed by atoms with Crippen LogP contribution in [0.15, 0.2) is 35.6 Å². The Labute approximate surface area is 195 Å². The van der Waals surface area contributed by atoms with Crippen molar-refractivity contribution in [3.8, 4) is 0 Å². The van der Waals surface area contributed by atoms with Crippen molar-refractivity contribution in [2.45, 2.75) is 51.8 Å². The van der Waals surface area contributed by atoms with E-state index in [0.29, 0.717) is 19.6 Å². The molecule has 2 aromatic rings. The van der Waals surface area contributed by atoms with Crippen LogP contribution in [0.3, 0.4) is 0 Å². The fourth-order valence-corrected chi connectivity index (χ4v) is 3.46. The van der Waals surface area contributed by atoms with E-state index in [4.69, 9.17) is 9.73 Å². The Balaban J connectivity index is 0.00000320. The van der Waals surface area contributed by atoms with Gasteiger partial charge < -0.3 is 19.5 Å². The number of nitrogens with one attached hydrogen (secondary N) is 1. The molecule has 30 heavy (non-hydrogen) atoms. The zero-order valence-corrected chi connectivity index (χ0v) is 20.1. The molecule has 0 aliphatic carbocycles. The van der Waals surface area contributed by atoms with E-state index in [9.17, 15) is 4.39 Å². The van der Waals surface area contributed by atoms with E-state index in [1.54, 1.807) is 18.5 Å². The van der Waals surface area contributed by atoms with Gasteiger partial charge in [0.15, 0.2) is 5.96 Å². The zero-order chi connectivity index (χ0) is 20.5. The lowest BCUT2D eigenvalue weighted by Crippen LogP contribution is -2.41. The highest BCUT2D eigenvalue weighted by atomic mass is 127. The fraction of sp³-hybridized carbons (Fsp3) is 0.571. The molecule has 1 aromatic heterocycles. The normalized spacial score (nSPS) is 16.8. The smallest absolute Gasteiger partial charge is 0.194 e. The van der Waals surface area contributed by atoms with E-state index in [1.165, 1.54) is 12.5 Å². The highest BCUT2D eigenvalue weighted by molar-refractivity contribution is 14.0. The second kappa shape index (κ2) is 12.8. The average Bonchev–Trinajstić information content (AvgIpc) is 3.18. The van der Waals surface area contributed by atoms with Gasteiger partial charge in [0, 0.05) is 39.7 Å². The van der Waals surface area contributed by atoms with Crippen LogP contribution in [-0.4, -0.2) is 58.5 Å². The first-order chi connectivity index (χ1) is 14.2. The predicted molar refractivity (Wildman–Crippen MR) is 127 cm³/mol. The molecule has 0 amide bonds. The predicted octanol–water partition coefficient (Wildman–Crippen LogP) is 3.24. The fourth-order valence-electron chi connectivity index (χ4n) is 3.46. The van der Waals surface area contributed by atoms with Crippen molar-refractivity contribution in [1.82, 2.24) is 25.0 Å². The summed E-state index contributed by atoms with van der Waals surface area (Å²) in [6.07, 6.45) is 6.14. The number of guanidine groups is 1. The van der Waals surface area contributed by atoms with Gasteiger partial charge in [-0.3, -0.25) is 4.99 Å². The third kappa shape index (κ3) is 7.50. The molecule has 0 radical (unpaired) electrons. The molecule has 1 aromatic carbocycles. The van der Waals surface area contributed by atoms with Crippen molar-refractivity contribution >= 4 is 29.9 Å². The maximum atomic E-state index is 13.5.